The Bertz CT molecular complexity index is 595. The maximum atomic E-state index is 10.9. The van der Waals surface area contributed by atoms with Crippen LogP contribution in [0.2, 0.25) is 0 Å². The molecule has 110 valence electrons. The fraction of sp³-hybridized carbons (Fsp3) is 0.278. The molecular formula is C18H21NO2. The van der Waals surface area contributed by atoms with Gasteiger partial charge in [0.05, 0.1) is 5.92 Å². The van der Waals surface area contributed by atoms with Crippen LogP contribution in [0.15, 0.2) is 54.6 Å². The van der Waals surface area contributed by atoms with Gasteiger partial charge in [0, 0.05) is 6.04 Å². The van der Waals surface area contributed by atoms with Crippen LogP contribution < -0.4 is 5.73 Å². The van der Waals surface area contributed by atoms with E-state index in [4.69, 9.17) is 10.8 Å². The second-order valence-corrected chi connectivity index (χ2v) is 5.46. The van der Waals surface area contributed by atoms with Crippen LogP contribution in [-0.2, 0) is 11.2 Å². The van der Waals surface area contributed by atoms with Gasteiger partial charge in [-0.1, -0.05) is 61.5 Å². The van der Waals surface area contributed by atoms with Gasteiger partial charge in [0.2, 0.25) is 0 Å². The van der Waals surface area contributed by atoms with Crippen molar-refractivity contribution in [3.05, 3.63) is 60.2 Å². The van der Waals surface area contributed by atoms with E-state index in [9.17, 15) is 4.79 Å². The number of rotatable bonds is 6. The number of aliphatic carboxylic acids is 1. The first-order chi connectivity index (χ1) is 10.1. The monoisotopic (exact) mass is 283 g/mol. The molecule has 0 fully saturated rings. The Morgan fingerprint density at radius 2 is 1.71 bits per heavy atom. The topological polar surface area (TPSA) is 63.3 Å². The lowest BCUT2D eigenvalue weighted by Crippen LogP contribution is -2.28. The zero-order valence-corrected chi connectivity index (χ0v) is 12.2. The largest absolute Gasteiger partial charge is 0.481 e. The summed E-state index contributed by atoms with van der Waals surface area (Å²) in [6.07, 6.45) is 1.17. The van der Waals surface area contributed by atoms with Gasteiger partial charge in [-0.2, -0.15) is 0 Å². The molecule has 3 N–H and O–H groups in total. The van der Waals surface area contributed by atoms with E-state index in [1.165, 1.54) is 0 Å². The lowest BCUT2D eigenvalue weighted by molar-refractivity contribution is -0.141. The minimum absolute atomic E-state index is 0.152. The van der Waals surface area contributed by atoms with Crippen molar-refractivity contribution >= 4 is 5.97 Å². The Hall–Kier alpha value is -2.13. The molecule has 0 aliphatic heterocycles. The summed E-state index contributed by atoms with van der Waals surface area (Å²) in [4.78, 5) is 10.9. The van der Waals surface area contributed by atoms with E-state index >= 15 is 0 Å². The molecule has 0 saturated heterocycles. The second kappa shape index (κ2) is 7.04. The Labute approximate surface area is 125 Å². The summed E-state index contributed by atoms with van der Waals surface area (Å²) in [5.74, 6) is -1.20. The maximum Gasteiger partial charge on any atom is 0.306 e. The number of benzene rings is 2. The molecule has 2 rings (SSSR count). The van der Waals surface area contributed by atoms with E-state index in [0.29, 0.717) is 12.8 Å². The van der Waals surface area contributed by atoms with E-state index in [0.717, 1.165) is 16.7 Å². The summed E-state index contributed by atoms with van der Waals surface area (Å²) in [5.41, 5.74) is 9.61. The third kappa shape index (κ3) is 4.17. The number of hydrogen-bond donors (Lipinski definition) is 2. The molecular weight excluding hydrogens is 262 g/mol. The van der Waals surface area contributed by atoms with E-state index in [1.54, 1.807) is 6.92 Å². The molecule has 0 aromatic heterocycles. The fourth-order valence-electron chi connectivity index (χ4n) is 2.52. The number of carboxylic acid groups (broad SMARTS) is 1. The molecule has 2 aromatic carbocycles. The number of hydrogen-bond acceptors (Lipinski definition) is 2. The van der Waals surface area contributed by atoms with E-state index in [-0.39, 0.29) is 6.04 Å². The quantitative estimate of drug-likeness (QED) is 0.854. The number of nitrogens with two attached hydrogens (primary N) is 1. The molecule has 0 heterocycles. The summed E-state index contributed by atoms with van der Waals surface area (Å²) >= 11 is 0. The van der Waals surface area contributed by atoms with Gasteiger partial charge in [-0.05, 0) is 29.5 Å². The van der Waals surface area contributed by atoms with Gasteiger partial charge in [-0.25, -0.2) is 0 Å². The molecule has 0 saturated carbocycles. The summed E-state index contributed by atoms with van der Waals surface area (Å²) in [5, 5.41) is 8.97. The molecule has 0 spiro atoms. The van der Waals surface area contributed by atoms with Crippen LogP contribution in [0.3, 0.4) is 0 Å². The third-order valence-corrected chi connectivity index (χ3v) is 3.66. The highest BCUT2D eigenvalue weighted by Crippen LogP contribution is 2.25. The standard InChI is InChI=1S/C18H21NO2/c1-13(18(20)21)11-16(19)12-15-9-5-6-10-17(15)14-7-3-2-4-8-14/h2-10,13,16H,11-12,19H2,1H3,(H,20,21)/t13-,16+/m1/s1. The predicted octanol–water partition coefficient (Wildman–Crippen LogP) is 3.33. The van der Waals surface area contributed by atoms with E-state index in [1.807, 2.05) is 30.3 Å². The zero-order valence-electron chi connectivity index (χ0n) is 12.2. The highest BCUT2D eigenvalue weighted by atomic mass is 16.4. The molecule has 0 aliphatic rings. The van der Waals surface area contributed by atoms with Crippen molar-refractivity contribution in [2.45, 2.75) is 25.8 Å². The van der Waals surface area contributed by atoms with Crippen molar-refractivity contribution in [1.29, 1.82) is 0 Å². The molecule has 0 radical (unpaired) electrons. The van der Waals surface area contributed by atoms with Crippen LogP contribution in [0, 0.1) is 5.92 Å². The van der Waals surface area contributed by atoms with Crippen molar-refractivity contribution in [3.8, 4) is 11.1 Å². The lowest BCUT2D eigenvalue weighted by atomic mass is 9.92. The predicted molar refractivity (Wildman–Crippen MR) is 85.0 cm³/mol. The Morgan fingerprint density at radius 1 is 1.10 bits per heavy atom. The summed E-state index contributed by atoms with van der Waals surface area (Å²) in [6.45, 7) is 1.70. The molecule has 2 atom stereocenters. The molecule has 3 heteroatoms. The highest BCUT2D eigenvalue weighted by molar-refractivity contribution is 5.69. The Morgan fingerprint density at radius 3 is 2.38 bits per heavy atom. The molecule has 21 heavy (non-hydrogen) atoms. The number of carbonyl (C=O) groups is 1. The Balaban J connectivity index is 2.16. The average Bonchev–Trinajstić information content (AvgIpc) is 2.48. The molecule has 0 aliphatic carbocycles. The normalized spacial score (nSPS) is 13.6. The van der Waals surface area contributed by atoms with Gasteiger partial charge in [-0.3, -0.25) is 4.79 Å². The molecule has 0 amide bonds. The van der Waals surface area contributed by atoms with Gasteiger partial charge in [0.1, 0.15) is 0 Å². The van der Waals surface area contributed by atoms with Crippen molar-refractivity contribution in [2.75, 3.05) is 0 Å². The summed E-state index contributed by atoms with van der Waals surface area (Å²) in [6, 6.07) is 18.2. The summed E-state index contributed by atoms with van der Waals surface area (Å²) in [7, 11) is 0. The van der Waals surface area contributed by atoms with Crippen molar-refractivity contribution in [3.63, 3.8) is 0 Å². The molecule has 3 nitrogen and oxygen atoms in total. The van der Waals surface area contributed by atoms with Gasteiger partial charge in [0.15, 0.2) is 0 Å². The van der Waals surface area contributed by atoms with Gasteiger partial charge in [0.25, 0.3) is 0 Å². The smallest absolute Gasteiger partial charge is 0.306 e. The van der Waals surface area contributed by atoms with Crippen LogP contribution >= 0.6 is 0 Å². The summed E-state index contributed by atoms with van der Waals surface area (Å²) < 4.78 is 0. The first kappa shape index (κ1) is 15.3. The highest BCUT2D eigenvalue weighted by Gasteiger charge is 2.16. The second-order valence-electron chi connectivity index (χ2n) is 5.46. The SMILES string of the molecule is C[C@H](C[C@H](N)Cc1ccccc1-c1ccccc1)C(=O)O. The van der Waals surface area contributed by atoms with Crippen LogP contribution in [-0.4, -0.2) is 17.1 Å². The minimum atomic E-state index is -0.790. The zero-order chi connectivity index (χ0) is 15.2. The maximum absolute atomic E-state index is 10.9. The third-order valence-electron chi connectivity index (χ3n) is 3.66. The Kier molecular flexibility index (Phi) is 5.12. The van der Waals surface area contributed by atoms with Gasteiger partial charge >= 0.3 is 5.97 Å². The van der Waals surface area contributed by atoms with Crippen molar-refractivity contribution in [1.82, 2.24) is 0 Å². The van der Waals surface area contributed by atoms with Crippen LogP contribution in [0.5, 0.6) is 0 Å². The van der Waals surface area contributed by atoms with Crippen molar-refractivity contribution in [2.24, 2.45) is 11.7 Å². The van der Waals surface area contributed by atoms with Crippen molar-refractivity contribution < 1.29 is 9.90 Å². The van der Waals surface area contributed by atoms with Gasteiger partial charge < -0.3 is 10.8 Å². The fourth-order valence-corrected chi connectivity index (χ4v) is 2.52. The molecule has 0 unspecified atom stereocenters. The first-order valence-corrected chi connectivity index (χ1v) is 7.19. The number of carboxylic acids is 1. The van der Waals surface area contributed by atoms with Crippen LogP contribution in [0.4, 0.5) is 0 Å². The average molecular weight is 283 g/mol. The van der Waals surface area contributed by atoms with E-state index < -0.39 is 11.9 Å². The van der Waals surface area contributed by atoms with Gasteiger partial charge in [-0.15, -0.1) is 0 Å². The first-order valence-electron chi connectivity index (χ1n) is 7.19. The van der Waals surface area contributed by atoms with E-state index in [2.05, 4.69) is 24.3 Å². The van der Waals surface area contributed by atoms with Crippen LogP contribution in [0.25, 0.3) is 11.1 Å². The van der Waals surface area contributed by atoms with Crippen LogP contribution in [0.1, 0.15) is 18.9 Å². The molecule has 2 aromatic rings. The minimum Gasteiger partial charge on any atom is -0.481 e. The lowest BCUT2D eigenvalue weighted by Gasteiger charge is -2.17. The molecule has 0 bridgehead atoms.